The van der Waals surface area contributed by atoms with Crippen LogP contribution in [0.15, 0.2) is 83.8 Å². The number of anilines is 1. The molecule has 5 rings (SSSR count). The minimum Gasteiger partial charge on any atom is -0.372 e. The number of pyridine rings is 1. The van der Waals surface area contributed by atoms with Gasteiger partial charge in [0.2, 0.25) is 0 Å². The molecule has 2 heterocycles. The van der Waals surface area contributed by atoms with Crippen LogP contribution in [0.5, 0.6) is 0 Å². The smallest absolute Gasteiger partial charge is 0.372 e. The summed E-state index contributed by atoms with van der Waals surface area (Å²) in [5.74, 6) is 0. The number of aromatic nitrogens is 1. The lowest BCUT2D eigenvalue weighted by molar-refractivity contribution is -0.137. The highest BCUT2D eigenvalue weighted by Gasteiger charge is 2.30. The van der Waals surface area contributed by atoms with E-state index in [9.17, 15) is 18.0 Å². The van der Waals surface area contributed by atoms with Crippen molar-refractivity contribution < 1.29 is 17.9 Å². The Bertz CT molecular complexity index is 1400. The van der Waals surface area contributed by atoms with E-state index in [-0.39, 0.29) is 17.8 Å². The third-order valence-corrected chi connectivity index (χ3v) is 6.38. The fraction of sp³-hybridized carbons (Fsp3) is 0.250. The minimum absolute atomic E-state index is 0.153. The normalized spacial score (nSPS) is 18.7. The zero-order chi connectivity index (χ0) is 24.7. The van der Waals surface area contributed by atoms with Crippen LogP contribution in [0.1, 0.15) is 19.4 Å². The van der Waals surface area contributed by atoms with Gasteiger partial charge in [0, 0.05) is 36.0 Å². The zero-order valence-corrected chi connectivity index (χ0v) is 19.4. The quantitative estimate of drug-likeness (QED) is 0.347. The first-order valence-electron chi connectivity index (χ1n) is 11.5. The molecule has 1 aliphatic rings. The lowest BCUT2D eigenvalue weighted by atomic mass is 9.98. The number of hydrogen-bond donors (Lipinski definition) is 0. The fourth-order valence-electron chi connectivity index (χ4n) is 4.78. The molecule has 0 spiro atoms. The van der Waals surface area contributed by atoms with Crippen molar-refractivity contribution in [1.29, 1.82) is 0 Å². The Balaban J connectivity index is 1.48. The second-order valence-electron chi connectivity index (χ2n) is 9.01. The van der Waals surface area contributed by atoms with Gasteiger partial charge in [0.05, 0.1) is 17.8 Å². The molecule has 0 N–H and O–H groups in total. The molecule has 0 radical (unpaired) electrons. The molecule has 2 unspecified atom stereocenters. The van der Waals surface area contributed by atoms with Gasteiger partial charge in [-0.05, 0) is 78.9 Å². The number of ether oxygens (including phenoxy) is 1. The van der Waals surface area contributed by atoms with Gasteiger partial charge >= 0.3 is 6.18 Å². The number of hydrogen-bond acceptors (Lipinski definition) is 3. The summed E-state index contributed by atoms with van der Waals surface area (Å²) in [6.07, 6.45) is -2.37. The average molecular weight is 479 g/mol. The van der Waals surface area contributed by atoms with Crippen LogP contribution in [0.2, 0.25) is 0 Å². The average Bonchev–Trinajstić information content (AvgIpc) is 2.83. The molecule has 3 aromatic carbocycles. The van der Waals surface area contributed by atoms with E-state index in [1.165, 1.54) is 12.1 Å². The summed E-state index contributed by atoms with van der Waals surface area (Å²) in [6, 6.07) is 20.0. The van der Waals surface area contributed by atoms with Crippen LogP contribution in [0, 0.1) is 0 Å². The molecule has 4 aromatic rings. The van der Waals surface area contributed by atoms with E-state index in [0.29, 0.717) is 21.9 Å². The molecule has 35 heavy (non-hydrogen) atoms. The maximum atomic E-state index is 13.4. The Morgan fingerprint density at radius 2 is 1.43 bits per heavy atom. The molecule has 0 bridgehead atoms. The Kier molecular flexibility index (Phi) is 5.89. The molecule has 180 valence electrons. The van der Waals surface area contributed by atoms with Gasteiger partial charge in [-0.15, -0.1) is 0 Å². The Morgan fingerprint density at radius 3 is 2.06 bits per heavy atom. The Labute approximate surface area is 201 Å². The van der Waals surface area contributed by atoms with Gasteiger partial charge in [-0.2, -0.15) is 13.2 Å². The van der Waals surface area contributed by atoms with Crippen molar-refractivity contribution in [3.05, 3.63) is 94.9 Å². The third kappa shape index (κ3) is 4.56. The van der Waals surface area contributed by atoms with Crippen molar-refractivity contribution in [3.63, 3.8) is 0 Å². The maximum absolute atomic E-state index is 13.4. The number of morpholine rings is 1. The van der Waals surface area contributed by atoms with Gasteiger partial charge in [0.15, 0.2) is 0 Å². The molecule has 0 saturated carbocycles. The number of rotatable bonds is 3. The molecular formula is C28H25F3N2O2. The van der Waals surface area contributed by atoms with E-state index in [4.69, 9.17) is 4.74 Å². The summed E-state index contributed by atoms with van der Waals surface area (Å²) in [6.45, 7) is 5.74. The molecule has 1 fully saturated rings. The highest BCUT2D eigenvalue weighted by atomic mass is 19.4. The molecule has 7 heteroatoms. The van der Waals surface area contributed by atoms with Crippen LogP contribution in [-0.4, -0.2) is 29.9 Å². The van der Waals surface area contributed by atoms with Crippen LogP contribution in [0.4, 0.5) is 18.9 Å². The predicted octanol–water partition coefficient (Wildman–Crippen LogP) is 6.29. The zero-order valence-electron chi connectivity index (χ0n) is 19.4. The standard InChI is InChI=1S/C28H25F3N2O2/c1-18-16-32(17-19(2)35-18)22-10-12-23(13-11-22)33-15-14-25-24(4-3-5-26(25)27(33)34)20-6-8-21(9-7-20)28(29,30)31/h3-15,18-19H,16-17H2,1-2H3. The van der Waals surface area contributed by atoms with Crippen molar-refractivity contribution in [2.75, 3.05) is 18.0 Å². The summed E-state index contributed by atoms with van der Waals surface area (Å²) >= 11 is 0. The predicted molar refractivity (Wildman–Crippen MR) is 132 cm³/mol. The first-order chi connectivity index (χ1) is 16.7. The van der Waals surface area contributed by atoms with Crippen molar-refractivity contribution in [2.45, 2.75) is 32.2 Å². The number of fused-ring (bicyclic) bond motifs is 1. The summed E-state index contributed by atoms with van der Waals surface area (Å²) in [7, 11) is 0. The molecular weight excluding hydrogens is 453 g/mol. The number of nitrogens with zero attached hydrogens (tertiary/aromatic N) is 2. The molecule has 1 aromatic heterocycles. The minimum atomic E-state index is -4.39. The van der Waals surface area contributed by atoms with Crippen LogP contribution < -0.4 is 10.5 Å². The van der Waals surface area contributed by atoms with E-state index >= 15 is 0 Å². The number of benzene rings is 3. The number of halogens is 3. The summed E-state index contributed by atoms with van der Waals surface area (Å²) in [4.78, 5) is 15.6. The fourth-order valence-corrected chi connectivity index (χ4v) is 4.78. The first-order valence-corrected chi connectivity index (χ1v) is 11.5. The van der Waals surface area contributed by atoms with Crippen LogP contribution >= 0.6 is 0 Å². The highest BCUT2D eigenvalue weighted by molar-refractivity contribution is 5.96. The molecule has 1 saturated heterocycles. The van der Waals surface area contributed by atoms with Gasteiger partial charge < -0.3 is 9.64 Å². The van der Waals surface area contributed by atoms with Crippen molar-refractivity contribution in [3.8, 4) is 16.8 Å². The van der Waals surface area contributed by atoms with Crippen LogP contribution in [-0.2, 0) is 10.9 Å². The van der Waals surface area contributed by atoms with E-state index in [2.05, 4.69) is 18.7 Å². The van der Waals surface area contributed by atoms with Gasteiger partial charge in [0.25, 0.3) is 5.56 Å². The molecule has 0 amide bonds. The largest absolute Gasteiger partial charge is 0.416 e. The van der Waals surface area contributed by atoms with E-state index in [1.807, 2.05) is 36.4 Å². The molecule has 2 atom stereocenters. The molecule has 1 aliphatic heterocycles. The summed E-state index contributed by atoms with van der Waals surface area (Å²) < 4.78 is 46.2. The SMILES string of the molecule is CC1CN(c2ccc(-n3ccc4c(-c5ccc(C(F)(F)F)cc5)cccc4c3=O)cc2)CC(C)O1. The van der Waals surface area contributed by atoms with Gasteiger partial charge in [-0.25, -0.2) is 0 Å². The molecule has 4 nitrogen and oxygen atoms in total. The number of alkyl halides is 3. The Morgan fingerprint density at radius 1 is 0.800 bits per heavy atom. The monoisotopic (exact) mass is 478 g/mol. The van der Waals surface area contributed by atoms with Crippen molar-refractivity contribution >= 4 is 16.5 Å². The lowest BCUT2D eigenvalue weighted by Gasteiger charge is -2.36. The first kappa shape index (κ1) is 23.2. The van der Waals surface area contributed by atoms with Crippen LogP contribution in [0.25, 0.3) is 27.6 Å². The van der Waals surface area contributed by atoms with E-state index in [1.54, 1.807) is 22.9 Å². The van der Waals surface area contributed by atoms with Crippen LogP contribution in [0.3, 0.4) is 0 Å². The summed E-state index contributed by atoms with van der Waals surface area (Å²) in [5.41, 5.74) is 2.28. The second kappa shape index (κ2) is 8.89. The van der Waals surface area contributed by atoms with Crippen molar-refractivity contribution in [1.82, 2.24) is 4.57 Å². The third-order valence-electron chi connectivity index (χ3n) is 6.38. The van der Waals surface area contributed by atoms with Gasteiger partial charge in [0.1, 0.15) is 0 Å². The summed E-state index contributed by atoms with van der Waals surface area (Å²) in [5, 5.41) is 1.20. The van der Waals surface area contributed by atoms with Gasteiger partial charge in [-0.1, -0.05) is 24.3 Å². The second-order valence-corrected chi connectivity index (χ2v) is 9.01. The van der Waals surface area contributed by atoms with E-state index < -0.39 is 11.7 Å². The Hall–Kier alpha value is -3.58. The van der Waals surface area contributed by atoms with Crippen molar-refractivity contribution in [2.24, 2.45) is 0 Å². The highest BCUT2D eigenvalue weighted by Crippen LogP contribution is 2.33. The molecule has 0 aliphatic carbocycles. The lowest BCUT2D eigenvalue weighted by Crippen LogP contribution is -2.45. The van der Waals surface area contributed by atoms with E-state index in [0.717, 1.165) is 36.6 Å². The topological polar surface area (TPSA) is 34.5 Å². The van der Waals surface area contributed by atoms with Gasteiger partial charge in [-0.3, -0.25) is 9.36 Å². The maximum Gasteiger partial charge on any atom is 0.416 e.